The zero-order valence-corrected chi connectivity index (χ0v) is 30.2. The second-order valence-corrected chi connectivity index (χ2v) is 13.5. The van der Waals surface area contributed by atoms with E-state index in [2.05, 4.69) is 39.0 Å². The Balaban J connectivity index is 4.08. The molecule has 4 nitrogen and oxygen atoms in total. The third-order valence-corrected chi connectivity index (χ3v) is 8.76. The van der Waals surface area contributed by atoms with Crippen LogP contribution in [0.1, 0.15) is 201 Å². The Morgan fingerprint density at radius 1 is 0.545 bits per heavy atom. The van der Waals surface area contributed by atoms with Gasteiger partial charge in [0.05, 0.1) is 24.5 Å². The SMILES string of the molecule is CCCCCCCC/C=C\CCCCCCCCOCC(N)(CO)CO/C(=C\CCCCCCCC)CCCCCCCC. The van der Waals surface area contributed by atoms with Gasteiger partial charge in [-0.1, -0.05) is 155 Å². The van der Waals surface area contributed by atoms with Gasteiger partial charge in [0.2, 0.25) is 0 Å². The number of unbranched alkanes of at least 4 members (excludes halogenated alkanes) is 23. The van der Waals surface area contributed by atoms with E-state index in [0.29, 0.717) is 19.8 Å². The van der Waals surface area contributed by atoms with Crippen molar-refractivity contribution in [3.05, 3.63) is 24.0 Å². The van der Waals surface area contributed by atoms with Gasteiger partial charge in [-0.05, 0) is 57.4 Å². The fourth-order valence-electron chi connectivity index (χ4n) is 5.60. The first-order valence-corrected chi connectivity index (χ1v) is 19.6. The first kappa shape index (κ1) is 43.2. The smallest absolute Gasteiger partial charge is 0.110 e. The number of ether oxygens (including phenoxy) is 2. The van der Waals surface area contributed by atoms with Gasteiger partial charge >= 0.3 is 0 Å². The van der Waals surface area contributed by atoms with Crippen molar-refractivity contribution < 1.29 is 14.6 Å². The highest BCUT2D eigenvalue weighted by molar-refractivity contribution is 4.95. The molecule has 0 spiro atoms. The van der Waals surface area contributed by atoms with Crippen LogP contribution in [0.3, 0.4) is 0 Å². The van der Waals surface area contributed by atoms with Crippen molar-refractivity contribution in [3.63, 3.8) is 0 Å². The molecule has 0 fully saturated rings. The van der Waals surface area contributed by atoms with E-state index in [-0.39, 0.29) is 6.61 Å². The van der Waals surface area contributed by atoms with E-state index in [4.69, 9.17) is 15.2 Å². The second kappa shape index (κ2) is 35.0. The number of allylic oxidation sites excluding steroid dienone is 4. The standard InChI is InChI=1S/C40H79NO3/c1-4-7-10-13-16-17-18-19-20-21-22-23-24-26-29-32-35-43-37-40(41,36-42)38-44-39(33-30-27-15-12-9-6-3)34-31-28-25-14-11-8-5-2/h19-20,34,42H,4-18,21-33,35-38,41H2,1-3H3/b20-19-,39-34-. The molecule has 0 aromatic heterocycles. The summed E-state index contributed by atoms with van der Waals surface area (Å²) in [6.45, 7) is 8.05. The fraction of sp³-hybridized carbons (Fsp3) is 0.900. The topological polar surface area (TPSA) is 64.7 Å². The van der Waals surface area contributed by atoms with Crippen LogP contribution in [0.5, 0.6) is 0 Å². The van der Waals surface area contributed by atoms with Crippen molar-refractivity contribution in [1.29, 1.82) is 0 Å². The van der Waals surface area contributed by atoms with E-state index >= 15 is 0 Å². The van der Waals surface area contributed by atoms with E-state index in [9.17, 15) is 5.11 Å². The Morgan fingerprint density at radius 3 is 1.48 bits per heavy atom. The van der Waals surface area contributed by atoms with Gasteiger partial charge < -0.3 is 20.3 Å². The molecule has 3 N–H and O–H groups in total. The Bertz CT molecular complexity index is 620. The Kier molecular flexibility index (Phi) is 34.4. The van der Waals surface area contributed by atoms with E-state index in [1.54, 1.807) is 0 Å². The molecule has 0 bridgehead atoms. The van der Waals surface area contributed by atoms with Gasteiger partial charge in [-0.3, -0.25) is 0 Å². The Labute approximate surface area is 276 Å². The lowest BCUT2D eigenvalue weighted by molar-refractivity contribution is 0.0127. The molecule has 0 heterocycles. The van der Waals surface area contributed by atoms with Gasteiger partial charge in [0, 0.05) is 13.0 Å². The summed E-state index contributed by atoms with van der Waals surface area (Å²) in [5, 5.41) is 10.0. The lowest BCUT2D eigenvalue weighted by Gasteiger charge is -2.28. The molecule has 0 saturated heterocycles. The van der Waals surface area contributed by atoms with Crippen LogP contribution >= 0.6 is 0 Å². The summed E-state index contributed by atoms with van der Waals surface area (Å²) >= 11 is 0. The molecule has 0 rings (SSSR count). The van der Waals surface area contributed by atoms with Crippen LogP contribution in [0.15, 0.2) is 24.0 Å². The van der Waals surface area contributed by atoms with Gasteiger partial charge in [0.1, 0.15) is 6.61 Å². The van der Waals surface area contributed by atoms with Crippen LogP contribution in [0, 0.1) is 0 Å². The predicted molar refractivity (Wildman–Crippen MR) is 194 cm³/mol. The van der Waals surface area contributed by atoms with Crippen LogP contribution in [0.2, 0.25) is 0 Å². The largest absolute Gasteiger partial charge is 0.496 e. The summed E-state index contributed by atoms with van der Waals surface area (Å²) in [5.74, 6) is 1.06. The van der Waals surface area contributed by atoms with Gasteiger partial charge in [-0.25, -0.2) is 0 Å². The maximum Gasteiger partial charge on any atom is 0.110 e. The number of rotatable bonds is 36. The van der Waals surface area contributed by atoms with E-state index in [0.717, 1.165) is 31.4 Å². The molecule has 0 radical (unpaired) electrons. The molecule has 0 amide bonds. The van der Waals surface area contributed by atoms with Gasteiger partial charge in [-0.15, -0.1) is 0 Å². The number of aliphatic hydroxyl groups excluding tert-OH is 1. The highest BCUT2D eigenvalue weighted by Gasteiger charge is 2.26. The number of hydrogen-bond donors (Lipinski definition) is 2. The summed E-state index contributed by atoms with van der Waals surface area (Å²) in [6.07, 6.45) is 42.9. The van der Waals surface area contributed by atoms with Gasteiger partial charge in [0.15, 0.2) is 0 Å². The van der Waals surface area contributed by atoms with Crippen molar-refractivity contribution in [2.75, 3.05) is 26.4 Å². The van der Waals surface area contributed by atoms with Crippen LogP contribution in [0.4, 0.5) is 0 Å². The lowest BCUT2D eigenvalue weighted by Crippen LogP contribution is -2.52. The van der Waals surface area contributed by atoms with E-state index in [1.165, 1.54) is 154 Å². The van der Waals surface area contributed by atoms with Crippen molar-refractivity contribution in [2.24, 2.45) is 5.73 Å². The maximum absolute atomic E-state index is 10.0. The third-order valence-electron chi connectivity index (χ3n) is 8.76. The third kappa shape index (κ3) is 31.2. The van der Waals surface area contributed by atoms with Crippen molar-refractivity contribution in [2.45, 2.75) is 206 Å². The minimum atomic E-state index is -0.844. The summed E-state index contributed by atoms with van der Waals surface area (Å²) in [4.78, 5) is 0. The Hall–Kier alpha value is -0.840. The molecule has 1 atom stereocenters. The van der Waals surface area contributed by atoms with Crippen LogP contribution < -0.4 is 5.73 Å². The molecule has 4 heteroatoms. The molecule has 0 aliphatic rings. The number of hydrogen-bond acceptors (Lipinski definition) is 4. The first-order chi connectivity index (χ1) is 21.6. The highest BCUT2D eigenvalue weighted by atomic mass is 16.5. The van der Waals surface area contributed by atoms with Crippen LogP contribution in [-0.4, -0.2) is 37.1 Å². The minimum absolute atomic E-state index is 0.123. The number of nitrogens with two attached hydrogens (primary N) is 1. The molecule has 0 aromatic carbocycles. The van der Waals surface area contributed by atoms with E-state index < -0.39 is 5.54 Å². The molecular weight excluding hydrogens is 542 g/mol. The molecular formula is C40H79NO3. The summed E-state index contributed by atoms with van der Waals surface area (Å²) in [5.41, 5.74) is 5.67. The van der Waals surface area contributed by atoms with Crippen LogP contribution in [-0.2, 0) is 9.47 Å². The Morgan fingerprint density at radius 2 is 0.977 bits per heavy atom. The molecule has 0 aliphatic carbocycles. The predicted octanol–water partition coefficient (Wildman–Crippen LogP) is 12.1. The normalized spacial score (nSPS) is 13.6. The van der Waals surface area contributed by atoms with Crippen molar-refractivity contribution in [1.82, 2.24) is 0 Å². The average Bonchev–Trinajstić information content (AvgIpc) is 3.03. The lowest BCUT2D eigenvalue weighted by atomic mass is 10.0. The maximum atomic E-state index is 10.0. The summed E-state index contributed by atoms with van der Waals surface area (Å²) in [6, 6.07) is 0. The molecule has 44 heavy (non-hydrogen) atoms. The molecule has 0 saturated carbocycles. The minimum Gasteiger partial charge on any atom is -0.496 e. The van der Waals surface area contributed by atoms with Crippen molar-refractivity contribution in [3.8, 4) is 0 Å². The summed E-state index contributed by atoms with van der Waals surface area (Å²) in [7, 11) is 0. The fourth-order valence-corrected chi connectivity index (χ4v) is 5.60. The molecule has 1 unspecified atom stereocenters. The van der Waals surface area contributed by atoms with Gasteiger partial charge in [-0.2, -0.15) is 0 Å². The number of aliphatic hydroxyl groups is 1. The summed E-state index contributed by atoms with van der Waals surface area (Å²) < 4.78 is 12.2. The molecule has 262 valence electrons. The molecule has 0 aliphatic heterocycles. The van der Waals surface area contributed by atoms with E-state index in [1.807, 2.05) is 0 Å². The highest BCUT2D eigenvalue weighted by Crippen LogP contribution is 2.18. The van der Waals surface area contributed by atoms with Gasteiger partial charge in [0.25, 0.3) is 0 Å². The van der Waals surface area contributed by atoms with Crippen molar-refractivity contribution >= 4 is 0 Å². The molecule has 0 aromatic rings. The second-order valence-electron chi connectivity index (χ2n) is 13.5. The monoisotopic (exact) mass is 622 g/mol. The zero-order chi connectivity index (χ0) is 32.2. The van der Waals surface area contributed by atoms with Crippen LogP contribution in [0.25, 0.3) is 0 Å². The zero-order valence-electron chi connectivity index (χ0n) is 30.2. The quantitative estimate of drug-likeness (QED) is 0.0415. The first-order valence-electron chi connectivity index (χ1n) is 19.6. The average molecular weight is 622 g/mol.